The summed E-state index contributed by atoms with van der Waals surface area (Å²) in [6.07, 6.45) is 1.67. The molecule has 0 aliphatic carbocycles. The lowest BCUT2D eigenvalue weighted by molar-refractivity contribution is -0.148. The number of aryl methyl sites for hydroxylation is 1. The lowest BCUT2D eigenvalue weighted by atomic mass is 9.82. The van der Waals surface area contributed by atoms with Crippen molar-refractivity contribution in [2.75, 3.05) is 18.0 Å². The third kappa shape index (κ3) is 2.04. The Bertz CT molecular complexity index is 404. The van der Waals surface area contributed by atoms with Gasteiger partial charge in [-0.15, -0.1) is 11.3 Å². The number of aromatic nitrogens is 1. The number of nitrogens with zero attached hydrogens (tertiary/aromatic N) is 2. The van der Waals surface area contributed by atoms with Crippen LogP contribution in [0.15, 0.2) is 5.38 Å². The van der Waals surface area contributed by atoms with Gasteiger partial charge in [0, 0.05) is 18.5 Å². The molecule has 1 N–H and O–H groups in total. The molecule has 0 radical (unpaired) electrons. The molecule has 2 rings (SSSR count). The zero-order chi connectivity index (χ0) is 11.8. The van der Waals surface area contributed by atoms with Crippen LogP contribution in [0.3, 0.4) is 0 Å². The predicted molar refractivity (Wildman–Crippen MR) is 64.0 cm³/mol. The SMILES string of the molecule is Cc1csc(N2CCCC(C)(C(=O)O)C2)n1. The summed E-state index contributed by atoms with van der Waals surface area (Å²) in [5, 5.41) is 12.2. The number of carboxylic acids is 1. The molecule has 1 saturated heterocycles. The molecule has 88 valence electrons. The molecule has 4 nitrogen and oxygen atoms in total. The van der Waals surface area contributed by atoms with Crippen LogP contribution in [-0.2, 0) is 4.79 Å². The fourth-order valence-electron chi connectivity index (χ4n) is 2.06. The normalized spacial score (nSPS) is 25.8. The topological polar surface area (TPSA) is 53.4 Å². The van der Waals surface area contributed by atoms with E-state index in [1.165, 1.54) is 0 Å². The molecule has 1 fully saturated rings. The molecular formula is C11H16N2O2S. The van der Waals surface area contributed by atoms with Gasteiger partial charge in [0.1, 0.15) is 0 Å². The molecule has 0 aromatic carbocycles. The van der Waals surface area contributed by atoms with E-state index in [-0.39, 0.29) is 0 Å². The number of anilines is 1. The summed E-state index contributed by atoms with van der Waals surface area (Å²) in [7, 11) is 0. The Labute approximate surface area is 98.9 Å². The minimum atomic E-state index is -0.703. The van der Waals surface area contributed by atoms with Gasteiger partial charge >= 0.3 is 5.97 Å². The smallest absolute Gasteiger partial charge is 0.311 e. The first kappa shape index (κ1) is 11.4. The van der Waals surface area contributed by atoms with Crippen molar-refractivity contribution in [2.45, 2.75) is 26.7 Å². The zero-order valence-electron chi connectivity index (χ0n) is 9.56. The Hall–Kier alpha value is -1.10. The molecule has 0 amide bonds. The number of rotatable bonds is 2. The van der Waals surface area contributed by atoms with Crippen LogP contribution in [0.2, 0.25) is 0 Å². The van der Waals surface area contributed by atoms with E-state index in [1.807, 2.05) is 19.2 Å². The Morgan fingerprint density at radius 2 is 2.44 bits per heavy atom. The maximum Gasteiger partial charge on any atom is 0.311 e. The van der Waals surface area contributed by atoms with E-state index >= 15 is 0 Å². The molecule has 1 aliphatic rings. The number of hydrogen-bond acceptors (Lipinski definition) is 4. The van der Waals surface area contributed by atoms with Crippen LogP contribution in [0.5, 0.6) is 0 Å². The van der Waals surface area contributed by atoms with Crippen molar-refractivity contribution in [3.8, 4) is 0 Å². The number of carbonyl (C=O) groups is 1. The van der Waals surface area contributed by atoms with Gasteiger partial charge in [0.25, 0.3) is 0 Å². The number of piperidine rings is 1. The monoisotopic (exact) mass is 240 g/mol. The van der Waals surface area contributed by atoms with Crippen molar-refractivity contribution in [2.24, 2.45) is 5.41 Å². The molecule has 2 heterocycles. The highest BCUT2D eigenvalue weighted by Gasteiger charge is 2.38. The molecule has 1 aromatic rings. The lowest BCUT2D eigenvalue weighted by Crippen LogP contribution is -2.46. The number of thiazole rings is 1. The van der Waals surface area contributed by atoms with Crippen molar-refractivity contribution in [1.82, 2.24) is 4.98 Å². The van der Waals surface area contributed by atoms with Crippen molar-refractivity contribution in [1.29, 1.82) is 0 Å². The highest BCUT2D eigenvalue weighted by atomic mass is 32.1. The maximum atomic E-state index is 11.2. The Balaban J connectivity index is 2.16. The molecular weight excluding hydrogens is 224 g/mol. The first-order chi connectivity index (χ1) is 7.51. The Kier molecular flexibility index (Phi) is 2.88. The van der Waals surface area contributed by atoms with Gasteiger partial charge in [-0.25, -0.2) is 4.98 Å². The second-order valence-electron chi connectivity index (χ2n) is 4.66. The quantitative estimate of drug-likeness (QED) is 0.860. The maximum absolute atomic E-state index is 11.2. The fraction of sp³-hybridized carbons (Fsp3) is 0.636. The number of aliphatic carboxylic acids is 1. The van der Waals surface area contributed by atoms with Gasteiger partial charge in [-0.1, -0.05) is 0 Å². The van der Waals surface area contributed by atoms with Gasteiger partial charge in [0.05, 0.1) is 11.1 Å². The van der Waals surface area contributed by atoms with E-state index < -0.39 is 11.4 Å². The zero-order valence-corrected chi connectivity index (χ0v) is 10.4. The Morgan fingerprint density at radius 3 is 3.00 bits per heavy atom. The van der Waals surface area contributed by atoms with E-state index in [4.69, 9.17) is 0 Å². The van der Waals surface area contributed by atoms with Crippen LogP contribution in [0, 0.1) is 12.3 Å². The van der Waals surface area contributed by atoms with Gasteiger partial charge in [0.15, 0.2) is 5.13 Å². The minimum absolute atomic E-state index is 0.565. The Morgan fingerprint density at radius 1 is 1.69 bits per heavy atom. The largest absolute Gasteiger partial charge is 0.481 e. The van der Waals surface area contributed by atoms with Gasteiger partial charge in [-0.3, -0.25) is 4.79 Å². The molecule has 1 aliphatic heterocycles. The van der Waals surface area contributed by atoms with Crippen LogP contribution in [-0.4, -0.2) is 29.1 Å². The third-order valence-corrected chi connectivity index (χ3v) is 4.11. The summed E-state index contributed by atoms with van der Waals surface area (Å²) in [4.78, 5) is 17.7. The van der Waals surface area contributed by atoms with E-state index in [2.05, 4.69) is 9.88 Å². The van der Waals surface area contributed by atoms with E-state index in [0.29, 0.717) is 6.54 Å². The van der Waals surface area contributed by atoms with E-state index in [1.54, 1.807) is 11.3 Å². The fourth-order valence-corrected chi connectivity index (χ4v) is 2.89. The third-order valence-electron chi connectivity index (χ3n) is 3.09. The first-order valence-corrected chi connectivity index (χ1v) is 6.30. The molecule has 5 heteroatoms. The van der Waals surface area contributed by atoms with E-state index in [9.17, 15) is 9.90 Å². The molecule has 0 bridgehead atoms. The van der Waals surface area contributed by atoms with Crippen LogP contribution in [0.1, 0.15) is 25.5 Å². The van der Waals surface area contributed by atoms with Crippen LogP contribution in [0.4, 0.5) is 5.13 Å². The molecule has 16 heavy (non-hydrogen) atoms. The number of carboxylic acid groups (broad SMARTS) is 1. The van der Waals surface area contributed by atoms with Gasteiger partial charge in [-0.05, 0) is 26.7 Å². The standard InChI is InChI=1S/C11H16N2O2S/c1-8-6-16-10(12-8)13-5-3-4-11(2,7-13)9(14)15/h6H,3-5,7H2,1-2H3,(H,14,15). The van der Waals surface area contributed by atoms with Crippen molar-refractivity contribution in [3.63, 3.8) is 0 Å². The molecule has 1 aromatic heterocycles. The highest BCUT2D eigenvalue weighted by Crippen LogP contribution is 2.33. The average molecular weight is 240 g/mol. The van der Waals surface area contributed by atoms with Crippen LogP contribution in [0.25, 0.3) is 0 Å². The summed E-state index contributed by atoms with van der Waals surface area (Å²) in [5.41, 5.74) is 0.375. The second kappa shape index (κ2) is 4.05. The average Bonchev–Trinajstić information content (AvgIpc) is 2.65. The summed E-state index contributed by atoms with van der Waals surface area (Å²) in [5.74, 6) is -0.703. The van der Waals surface area contributed by atoms with Crippen molar-refractivity contribution >= 4 is 22.4 Å². The van der Waals surface area contributed by atoms with Crippen LogP contribution < -0.4 is 4.90 Å². The van der Waals surface area contributed by atoms with Crippen molar-refractivity contribution < 1.29 is 9.90 Å². The summed E-state index contributed by atoms with van der Waals surface area (Å²) in [6, 6.07) is 0. The lowest BCUT2D eigenvalue weighted by Gasteiger charge is -2.37. The highest BCUT2D eigenvalue weighted by molar-refractivity contribution is 7.13. The predicted octanol–water partition coefficient (Wildman–Crippen LogP) is 2.14. The van der Waals surface area contributed by atoms with Gasteiger partial charge in [0.2, 0.25) is 0 Å². The number of hydrogen-bond donors (Lipinski definition) is 1. The summed E-state index contributed by atoms with van der Waals surface area (Å²) < 4.78 is 0. The molecule has 0 spiro atoms. The summed E-state index contributed by atoms with van der Waals surface area (Å²) in [6.45, 7) is 5.26. The van der Waals surface area contributed by atoms with Gasteiger partial charge < -0.3 is 10.0 Å². The first-order valence-electron chi connectivity index (χ1n) is 5.42. The molecule has 1 atom stereocenters. The summed E-state index contributed by atoms with van der Waals surface area (Å²) >= 11 is 1.59. The van der Waals surface area contributed by atoms with Crippen molar-refractivity contribution in [3.05, 3.63) is 11.1 Å². The van der Waals surface area contributed by atoms with Crippen LogP contribution >= 0.6 is 11.3 Å². The minimum Gasteiger partial charge on any atom is -0.481 e. The second-order valence-corrected chi connectivity index (χ2v) is 5.50. The van der Waals surface area contributed by atoms with E-state index in [0.717, 1.165) is 30.2 Å². The molecule has 1 unspecified atom stereocenters. The van der Waals surface area contributed by atoms with Gasteiger partial charge in [-0.2, -0.15) is 0 Å². The molecule has 0 saturated carbocycles.